The number of hydrogen-bond acceptors (Lipinski definition) is 7. The molecule has 2 aliphatic rings. The van der Waals surface area contributed by atoms with Crippen molar-refractivity contribution in [1.82, 2.24) is 20.3 Å². The van der Waals surface area contributed by atoms with Gasteiger partial charge in [-0.2, -0.15) is 13.5 Å². The van der Waals surface area contributed by atoms with Gasteiger partial charge in [0.25, 0.3) is 5.91 Å². The van der Waals surface area contributed by atoms with Crippen LogP contribution in [0.2, 0.25) is 0 Å². The number of fused-ring (bicyclic) bond motifs is 2. The molecule has 0 spiro atoms. The third-order valence-corrected chi connectivity index (χ3v) is 5.19. The Hall–Kier alpha value is -2.16. The van der Waals surface area contributed by atoms with Gasteiger partial charge in [-0.1, -0.05) is 20.8 Å². The fraction of sp³-hybridized carbons (Fsp3) is 0.812. The van der Waals surface area contributed by atoms with Gasteiger partial charge in [0.05, 0.1) is 12.6 Å². The van der Waals surface area contributed by atoms with Crippen LogP contribution in [0.5, 0.6) is 0 Å². The second kappa shape index (κ2) is 9.32. The van der Waals surface area contributed by atoms with Crippen LogP contribution in [0.3, 0.4) is 0 Å². The maximum absolute atomic E-state index is 12.4. The SMILES string of the molecule is CC(C)(C)CCN(CCONC(=O)[C@@H]1CC[C@@H]2CN1C(=O)N2OS(=O)(=O)O)C(=O)O. The molecule has 3 N–H and O–H groups in total. The van der Waals surface area contributed by atoms with Gasteiger partial charge >= 0.3 is 22.5 Å². The normalized spacial score (nSPS) is 21.7. The molecule has 2 saturated heterocycles. The molecule has 2 rings (SSSR count). The first kappa shape index (κ1) is 24.1. The molecule has 0 saturated carbocycles. The molecule has 0 radical (unpaired) electrons. The van der Waals surface area contributed by atoms with Gasteiger partial charge in [-0.25, -0.2) is 15.1 Å². The molecular formula is C16H28N4O9S. The highest BCUT2D eigenvalue weighted by Crippen LogP contribution is 2.30. The van der Waals surface area contributed by atoms with E-state index >= 15 is 0 Å². The minimum absolute atomic E-state index is 0.0309. The summed E-state index contributed by atoms with van der Waals surface area (Å²) in [6, 6.07) is -2.36. The summed E-state index contributed by atoms with van der Waals surface area (Å²) in [6.45, 7) is 6.36. The lowest BCUT2D eigenvalue weighted by molar-refractivity contribution is -0.139. The lowest BCUT2D eigenvalue weighted by Crippen LogP contribution is -2.50. The zero-order valence-electron chi connectivity index (χ0n) is 17.1. The van der Waals surface area contributed by atoms with Gasteiger partial charge in [0.15, 0.2) is 0 Å². The number of rotatable bonds is 9. The fourth-order valence-corrected chi connectivity index (χ4v) is 3.61. The van der Waals surface area contributed by atoms with Crippen LogP contribution in [0.25, 0.3) is 0 Å². The van der Waals surface area contributed by atoms with E-state index in [-0.39, 0.29) is 38.0 Å². The minimum Gasteiger partial charge on any atom is -0.465 e. The van der Waals surface area contributed by atoms with Crippen molar-refractivity contribution in [3.63, 3.8) is 0 Å². The van der Waals surface area contributed by atoms with Crippen LogP contribution < -0.4 is 5.48 Å². The van der Waals surface area contributed by atoms with Crippen molar-refractivity contribution in [2.24, 2.45) is 5.41 Å². The summed E-state index contributed by atoms with van der Waals surface area (Å²) in [5.41, 5.74) is 2.18. The molecule has 0 unspecified atom stereocenters. The van der Waals surface area contributed by atoms with E-state index in [0.717, 1.165) is 4.90 Å². The molecule has 30 heavy (non-hydrogen) atoms. The molecule has 0 aliphatic carbocycles. The van der Waals surface area contributed by atoms with Crippen LogP contribution in [-0.4, -0.2) is 89.3 Å². The summed E-state index contributed by atoms with van der Waals surface area (Å²) in [5.74, 6) is -0.618. The second-order valence-electron chi connectivity index (χ2n) is 8.41. The van der Waals surface area contributed by atoms with Crippen LogP contribution in [0.1, 0.15) is 40.0 Å². The quantitative estimate of drug-likeness (QED) is 0.256. The first-order valence-electron chi connectivity index (χ1n) is 9.45. The Balaban J connectivity index is 1.81. The highest BCUT2D eigenvalue weighted by atomic mass is 32.3. The highest BCUT2D eigenvalue weighted by molar-refractivity contribution is 7.80. The van der Waals surface area contributed by atoms with E-state index in [2.05, 4.69) is 9.76 Å². The maximum atomic E-state index is 12.4. The van der Waals surface area contributed by atoms with Crippen molar-refractivity contribution >= 4 is 28.4 Å². The Labute approximate surface area is 174 Å². The number of carbonyl (C=O) groups is 3. The van der Waals surface area contributed by atoms with Crippen molar-refractivity contribution in [2.45, 2.75) is 52.1 Å². The van der Waals surface area contributed by atoms with Crippen LogP contribution in [0.4, 0.5) is 9.59 Å². The lowest BCUT2D eigenvalue weighted by Gasteiger charge is -2.29. The van der Waals surface area contributed by atoms with Gasteiger partial charge in [0.1, 0.15) is 6.04 Å². The zero-order chi connectivity index (χ0) is 22.7. The van der Waals surface area contributed by atoms with E-state index < -0.39 is 40.5 Å². The number of nitrogens with one attached hydrogen (secondary N) is 1. The lowest BCUT2D eigenvalue weighted by atomic mass is 9.92. The molecule has 4 amide bonds. The summed E-state index contributed by atoms with van der Waals surface area (Å²) in [7, 11) is -4.86. The highest BCUT2D eigenvalue weighted by Gasteiger charge is 2.49. The number of amides is 4. The number of nitrogens with zero attached hydrogens (tertiary/aromatic N) is 3. The van der Waals surface area contributed by atoms with Crippen molar-refractivity contribution in [2.75, 3.05) is 26.2 Å². The second-order valence-corrected chi connectivity index (χ2v) is 9.41. The molecule has 0 aromatic heterocycles. The monoisotopic (exact) mass is 452 g/mol. The Kier molecular flexibility index (Phi) is 7.49. The van der Waals surface area contributed by atoms with Gasteiger partial charge in [-0.15, -0.1) is 4.28 Å². The standard InChI is InChI=1S/C16H28N4O9S/c1-16(2,3)6-7-18(15(23)24)8-9-28-17-13(21)12-5-4-11-10-19(12)14(22)20(11)29-30(25,26)27/h11-12H,4-10H2,1-3H3,(H,17,21)(H,23,24)(H,25,26,27)/t11-,12+/m1/s1. The average Bonchev–Trinajstić information content (AvgIpc) is 2.83. The Morgan fingerprint density at radius 1 is 1.27 bits per heavy atom. The maximum Gasteiger partial charge on any atom is 0.418 e. The van der Waals surface area contributed by atoms with Crippen molar-refractivity contribution < 1.29 is 41.6 Å². The van der Waals surface area contributed by atoms with Gasteiger partial charge in [0.2, 0.25) is 0 Å². The van der Waals surface area contributed by atoms with Crippen molar-refractivity contribution in [3.05, 3.63) is 0 Å². The van der Waals surface area contributed by atoms with Gasteiger partial charge in [0, 0.05) is 19.6 Å². The van der Waals surface area contributed by atoms with E-state index in [1.807, 2.05) is 20.8 Å². The largest absolute Gasteiger partial charge is 0.465 e. The molecule has 14 heteroatoms. The van der Waals surface area contributed by atoms with E-state index in [1.54, 1.807) is 0 Å². The molecule has 2 heterocycles. The van der Waals surface area contributed by atoms with Gasteiger partial charge in [-0.3, -0.25) is 14.2 Å². The predicted molar refractivity (Wildman–Crippen MR) is 101 cm³/mol. The van der Waals surface area contributed by atoms with Gasteiger partial charge < -0.3 is 14.9 Å². The Morgan fingerprint density at radius 3 is 2.50 bits per heavy atom. The molecular weight excluding hydrogens is 424 g/mol. The number of hydrogen-bond donors (Lipinski definition) is 3. The van der Waals surface area contributed by atoms with E-state index in [4.69, 9.17) is 9.39 Å². The minimum atomic E-state index is -4.86. The van der Waals surface area contributed by atoms with Crippen LogP contribution in [-0.2, 0) is 24.3 Å². The predicted octanol–water partition coefficient (Wildman–Crippen LogP) is 0.453. The average molecular weight is 452 g/mol. The number of carboxylic acid groups (broad SMARTS) is 1. The number of hydroxylamine groups is 3. The van der Waals surface area contributed by atoms with Crippen LogP contribution in [0.15, 0.2) is 0 Å². The van der Waals surface area contributed by atoms with E-state index in [0.29, 0.717) is 18.0 Å². The number of urea groups is 1. The molecule has 2 fully saturated rings. The fourth-order valence-electron chi connectivity index (χ4n) is 3.22. The Bertz CT molecular complexity index is 767. The summed E-state index contributed by atoms with van der Waals surface area (Å²) < 4.78 is 34.9. The summed E-state index contributed by atoms with van der Waals surface area (Å²) in [4.78, 5) is 43.4. The molecule has 13 nitrogen and oxygen atoms in total. The summed E-state index contributed by atoms with van der Waals surface area (Å²) in [5, 5.41) is 9.80. The van der Waals surface area contributed by atoms with E-state index in [9.17, 15) is 27.9 Å². The zero-order valence-corrected chi connectivity index (χ0v) is 17.9. The number of piperidine rings is 1. The van der Waals surface area contributed by atoms with Gasteiger partial charge in [-0.05, 0) is 24.7 Å². The molecule has 172 valence electrons. The van der Waals surface area contributed by atoms with Crippen LogP contribution in [0, 0.1) is 5.41 Å². The third kappa shape index (κ3) is 6.68. The summed E-state index contributed by atoms with van der Waals surface area (Å²) >= 11 is 0. The molecule has 0 aromatic carbocycles. The summed E-state index contributed by atoms with van der Waals surface area (Å²) in [6.07, 6.45) is 0.0990. The first-order chi connectivity index (χ1) is 13.8. The molecule has 2 aliphatic heterocycles. The topological polar surface area (TPSA) is 166 Å². The number of carbonyl (C=O) groups excluding carboxylic acids is 2. The molecule has 0 aromatic rings. The molecule has 2 atom stereocenters. The Morgan fingerprint density at radius 2 is 1.93 bits per heavy atom. The third-order valence-electron chi connectivity index (χ3n) is 4.84. The van der Waals surface area contributed by atoms with Crippen LogP contribution >= 0.6 is 0 Å². The molecule has 2 bridgehead atoms. The smallest absolute Gasteiger partial charge is 0.418 e. The van der Waals surface area contributed by atoms with Crippen molar-refractivity contribution in [1.29, 1.82) is 0 Å². The van der Waals surface area contributed by atoms with Crippen molar-refractivity contribution in [3.8, 4) is 0 Å². The van der Waals surface area contributed by atoms with E-state index in [1.165, 1.54) is 4.90 Å². The first-order valence-corrected chi connectivity index (χ1v) is 10.8.